The standard InChI is InChI=1S/C22H28N2O5S/c1-3-28-18-12-10-17(11-13-18)7-6-15-23-22(25)21-14-16-24(30(2,26)27)19-8-4-5-9-20(19)29-21/h4-5,8-13,21H,3,6-7,14-16H2,1-2H3,(H,23,25)/t21-/m1/s1. The van der Waals surface area contributed by atoms with Crippen molar-refractivity contribution in [1.82, 2.24) is 5.32 Å². The number of sulfonamides is 1. The predicted molar refractivity (Wildman–Crippen MR) is 117 cm³/mol. The van der Waals surface area contributed by atoms with E-state index in [1.54, 1.807) is 24.3 Å². The minimum Gasteiger partial charge on any atom is -0.494 e. The van der Waals surface area contributed by atoms with Crippen molar-refractivity contribution in [2.45, 2.75) is 32.3 Å². The van der Waals surface area contributed by atoms with E-state index in [-0.39, 0.29) is 18.9 Å². The van der Waals surface area contributed by atoms with Crippen LogP contribution < -0.4 is 19.1 Å². The average Bonchev–Trinajstić information content (AvgIpc) is 2.92. The zero-order chi connectivity index (χ0) is 21.6. The molecular weight excluding hydrogens is 404 g/mol. The molecule has 0 unspecified atom stereocenters. The lowest BCUT2D eigenvalue weighted by atomic mass is 10.1. The van der Waals surface area contributed by atoms with Crippen molar-refractivity contribution in [3.8, 4) is 11.5 Å². The number of amides is 1. The number of ether oxygens (including phenoxy) is 2. The highest BCUT2D eigenvalue weighted by Gasteiger charge is 2.30. The lowest BCUT2D eigenvalue weighted by Crippen LogP contribution is -2.40. The van der Waals surface area contributed by atoms with Crippen molar-refractivity contribution in [3.05, 3.63) is 54.1 Å². The van der Waals surface area contributed by atoms with Gasteiger partial charge in [-0.2, -0.15) is 0 Å². The molecule has 1 heterocycles. The largest absolute Gasteiger partial charge is 0.494 e. The molecular formula is C22H28N2O5S. The van der Waals surface area contributed by atoms with E-state index in [1.165, 1.54) is 9.87 Å². The van der Waals surface area contributed by atoms with Crippen LogP contribution in [0.2, 0.25) is 0 Å². The van der Waals surface area contributed by atoms with Crippen molar-refractivity contribution in [3.63, 3.8) is 0 Å². The van der Waals surface area contributed by atoms with Crippen LogP contribution in [0.1, 0.15) is 25.3 Å². The first-order valence-electron chi connectivity index (χ1n) is 10.1. The molecule has 0 aromatic heterocycles. The van der Waals surface area contributed by atoms with Gasteiger partial charge in [-0.1, -0.05) is 24.3 Å². The van der Waals surface area contributed by atoms with Gasteiger partial charge < -0.3 is 14.8 Å². The van der Waals surface area contributed by atoms with Gasteiger partial charge in [0.05, 0.1) is 18.6 Å². The number of rotatable bonds is 8. The molecule has 1 atom stereocenters. The van der Waals surface area contributed by atoms with Crippen LogP contribution in [0.15, 0.2) is 48.5 Å². The third-order valence-electron chi connectivity index (χ3n) is 4.87. The van der Waals surface area contributed by atoms with Gasteiger partial charge in [-0.15, -0.1) is 0 Å². The maximum atomic E-state index is 12.6. The van der Waals surface area contributed by atoms with Crippen LogP contribution >= 0.6 is 0 Å². The van der Waals surface area contributed by atoms with Gasteiger partial charge in [0, 0.05) is 19.5 Å². The lowest BCUT2D eigenvalue weighted by Gasteiger charge is -2.20. The quantitative estimate of drug-likeness (QED) is 0.649. The SMILES string of the molecule is CCOc1ccc(CCCNC(=O)[C@H]2CCN(S(C)(=O)=O)c3ccccc3O2)cc1. The van der Waals surface area contributed by atoms with Gasteiger partial charge in [0.1, 0.15) is 11.5 Å². The van der Waals surface area contributed by atoms with E-state index in [2.05, 4.69) is 5.32 Å². The number of para-hydroxylation sites is 2. The number of carbonyl (C=O) groups is 1. The number of aryl methyl sites for hydroxylation is 1. The van der Waals surface area contributed by atoms with Crippen molar-refractivity contribution < 1.29 is 22.7 Å². The van der Waals surface area contributed by atoms with Crippen LogP contribution in [-0.2, 0) is 21.2 Å². The van der Waals surface area contributed by atoms with Gasteiger partial charge in [0.15, 0.2) is 6.10 Å². The van der Waals surface area contributed by atoms with Crippen LogP contribution in [0.4, 0.5) is 5.69 Å². The normalized spacial score (nSPS) is 16.2. The second kappa shape index (κ2) is 9.84. The Bertz CT molecular complexity index is 960. The van der Waals surface area contributed by atoms with Gasteiger partial charge in [-0.05, 0) is 49.6 Å². The highest BCUT2D eigenvalue weighted by atomic mass is 32.2. The molecule has 0 saturated carbocycles. The molecule has 162 valence electrons. The number of nitrogens with zero attached hydrogens (tertiary/aromatic N) is 1. The molecule has 2 aromatic rings. The summed E-state index contributed by atoms with van der Waals surface area (Å²) in [6, 6.07) is 14.8. The van der Waals surface area contributed by atoms with Gasteiger partial charge in [0.25, 0.3) is 5.91 Å². The Morgan fingerprint density at radius 2 is 1.93 bits per heavy atom. The number of fused-ring (bicyclic) bond motifs is 1. The fourth-order valence-corrected chi connectivity index (χ4v) is 4.34. The van der Waals surface area contributed by atoms with E-state index in [1.807, 2.05) is 31.2 Å². The number of benzene rings is 2. The minimum absolute atomic E-state index is 0.195. The van der Waals surface area contributed by atoms with E-state index in [0.717, 1.165) is 24.8 Å². The highest BCUT2D eigenvalue weighted by molar-refractivity contribution is 7.92. The molecule has 0 spiro atoms. The van der Waals surface area contributed by atoms with E-state index < -0.39 is 16.1 Å². The monoisotopic (exact) mass is 432 g/mol. The molecule has 2 aromatic carbocycles. The number of anilines is 1. The van der Waals surface area contributed by atoms with Gasteiger partial charge >= 0.3 is 0 Å². The Hall–Kier alpha value is -2.74. The Labute approximate surface area is 178 Å². The maximum absolute atomic E-state index is 12.6. The third-order valence-corrected chi connectivity index (χ3v) is 6.05. The summed E-state index contributed by atoms with van der Waals surface area (Å²) in [6.45, 7) is 3.30. The van der Waals surface area contributed by atoms with Crippen LogP contribution in [-0.4, -0.2) is 46.4 Å². The zero-order valence-electron chi connectivity index (χ0n) is 17.3. The molecule has 7 nitrogen and oxygen atoms in total. The molecule has 1 aliphatic heterocycles. The Morgan fingerprint density at radius 3 is 2.63 bits per heavy atom. The summed E-state index contributed by atoms with van der Waals surface area (Å²) in [5, 5.41) is 2.91. The lowest BCUT2D eigenvalue weighted by molar-refractivity contribution is -0.128. The highest BCUT2D eigenvalue weighted by Crippen LogP contribution is 2.33. The summed E-state index contributed by atoms with van der Waals surface area (Å²) >= 11 is 0. The number of hydrogen-bond acceptors (Lipinski definition) is 5. The molecule has 3 rings (SSSR count). The summed E-state index contributed by atoms with van der Waals surface area (Å²) in [5.41, 5.74) is 1.64. The molecule has 0 radical (unpaired) electrons. The van der Waals surface area contributed by atoms with Crippen molar-refractivity contribution in [2.24, 2.45) is 0 Å². The van der Waals surface area contributed by atoms with Gasteiger partial charge in [-0.25, -0.2) is 8.42 Å². The number of nitrogens with one attached hydrogen (secondary N) is 1. The number of hydrogen-bond donors (Lipinski definition) is 1. The fraction of sp³-hybridized carbons (Fsp3) is 0.409. The molecule has 1 aliphatic rings. The first-order chi connectivity index (χ1) is 14.4. The second-order valence-electron chi connectivity index (χ2n) is 7.17. The van der Waals surface area contributed by atoms with E-state index in [4.69, 9.17) is 9.47 Å². The van der Waals surface area contributed by atoms with Crippen LogP contribution in [0.5, 0.6) is 11.5 Å². The molecule has 0 aliphatic carbocycles. The Balaban J connectivity index is 1.53. The van der Waals surface area contributed by atoms with Gasteiger partial charge in [-0.3, -0.25) is 9.10 Å². The Morgan fingerprint density at radius 1 is 1.20 bits per heavy atom. The summed E-state index contributed by atoms with van der Waals surface area (Å²) in [7, 11) is -3.46. The van der Waals surface area contributed by atoms with Crippen molar-refractivity contribution >= 4 is 21.6 Å². The second-order valence-corrected chi connectivity index (χ2v) is 9.08. The first kappa shape index (κ1) is 22.0. The molecule has 1 N–H and O–H groups in total. The topological polar surface area (TPSA) is 84.9 Å². The van der Waals surface area contributed by atoms with Crippen molar-refractivity contribution in [2.75, 3.05) is 30.3 Å². The summed E-state index contributed by atoms with van der Waals surface area (Å²) in [6.07, 6.45) is 2.34. The first-order valence-corrected chi connectivity index (χ1v) is 12.0. The predicted octanol–water partition coefficient (Wildman–Crippen LogP) is 2.75. The summed E-state index contributed by atoms with van der Waals surface area (Å²) < 4.78 is 36.9. The summed E-state index contributed by atoms with van der Waals surface area (Å²) in [5.74, 6) is 1.02. The maximum Gasteiger partial charge on any atom is 0.261 e. The smallest absolute Gasteiger partial charge is 0.261 e. The molecule has 0 saturated heterocycles. The van der Waals surface area contributed by atoms with Crippen LogP contribution in [0, 0.1) is 0 Å². The Kier molecular flexibility index (Phi) is 7.20. The fourth-order valence-electron chi connectivity index (χ4n) is 3.40. The molecule has 30 heavy (non-hydrogen) atoms. The van der Waals surface area contributed by atoms with E-state index in [0.29, 0.717) is 24.6 Å². The number of carbonyl (C=O) groups excluding carboxylic acids is 1. The zero-order valence-corrected chi connectivity index (χ0v) is 18.2. The molecule has 8 heteroatoms. The van der Waals surface area contributed by atoms with Crippen LogP contribution in [0.25, 0.3) is 0 Å². The minimum atomic E-state index is -3.46. The average molecular weight is 433 g/mol. The third kappa shape index (κ3) is 5.66. The van der Waals surface area contributed by atoms with E-state index in [9.17, 15) is 13.2 Å². The molecule has 1 amide bonds. The summed E-state index contributed by atoms with van der Waals surface area (Å²) in [4.78, 5) is 12.6. The van der Waals surface area contributed by atoms with E-state index >= 15 is 0 Å². The molecule has 0 fully saturated rings. The molecule has 0 bridgehead atoms. The van der Waals surface area contributed by atoms with Crippen LogP contribution in [0.3, 0.4) is 0 Å². The van der Waals surface area contributed by atoms with Gasteiger partial charge in [0.2, 0.25) is 10.0 Å². The van der Waals surface area contributed by atoms with Crippen molar-refractivity contribution in [1.29, 1.82) is 0 Å².